The summed E-state index contributed by atoms with van der Waals surface area (Å²) in [4.78, 5) is 13.0. The second-order valence-electron chi connectivity index (χ2n) is 2.54. The molecule has 0 saturated carbocycles. The highest BCUT2D eigenvalue weighted by atomic mass is 16.5. The van der Waals surface area contributed by atoms with Crippen molar-refractivity contribution < 1.29 is 9.53 Å². The van der Waals surface area contributed by atoms with Crippen molar-refractivity contribution in [3.63, 3.8) is 0 Å². The molecule has 0 radical (unpaired) electrons. The number of hydrogen-bond donors (Lipinski definition) is 0. The molecule has 0 spiro atoms. The van der Waals surface area contributed by atoms with Gasteiger partial charge in [0, 0.05) is 6.04 Å². The summed E-state index contributed by atoms with van der Waals surface area (Å²) in [6, 6.07) is 0.424. The number of rotatable bonds is 2. The van der Waals surface area contributed by atoms with Crippen molar-refractivity contribution in [2.24, 2.45) is 0 Å². The lowest BCUT2D eigenvalue weighted by molar-refractivity contribution is -0.140. The van der Waals surface area contributed by atoms with Gasteiger partial charge in [0.25, 0.3) is 0 Å². The maximum Gasteiger partial charge on any atom is 0.324 e. The molecule has 0 aromatic rings. The summed E-state index contributed by atoms with van der Waals surface area (Å²) in [5.74, 6) is -0.102. The van der Waals surface area contributed by atoms with Gasteiger partial charge in [0.2, 0.25) is 0 Å². The topological polar surface area (TPSA) is 29.3 Å². The van der Waals surface area contributed by atoms with Crippen LogP contribution in [0.25, 0.3) is 0 Å². The van der Waals surface area contributed by atoms with Crippen LogP contribution in [0.1, 0.15) is 13.8 Å². The molecular formula is C7H13NO2. The highest BCUT2D eigenvalue weighted by molar-refractivity contribution is 5.79. The first-order chi connectivity index (χ1) is 4.72. The standard InChI is InChI=1S/C7H13NO2/c1-4-8-5(2)6(8)7(9)10-3/h5-6H,4H2,1-3H3/t5-,6+,8?/m1/s1. The molecule has 1 fully saturated rings. The summed E-state index contributed by atoms with van der Waals surface area (Å²) >= 11 is 0. The first-order valence-corrected chi connectivity index (χ1v) is 3.56. The summed E-state index contributed by atoms with van der Waals surface area (Å²) in [5, 5.41) is 0. The third-order valence-corrected chi connectivity index (χ3v) is 2.06. The molecule has 0 amide bonds. The smallest absolute Gasteiger partial charge is 0.324 e. The number of hydrogen-bond acceptors (Lipinski definition) is 3. The van der Waals surface area contributed by atoms with Gasteiger partial charge in [-0.15, -0.1) is 0 Å². The second-order valence-corrected chi connectivity index (χ2v) is 2.54. The summed E-state index contributed by atoms with van der Waals surface area (Å²) in [5.41, 5.74) is 0. The zero-order valence-electron chi connectivity index (χ0n) is 6.63. The molecule has 1 rings (SSSR count). The van der Waals surface area contributed by atoms with Crippen LogP contribution >= 0.6 is 0 Å². The predicted molar refractivity (Wildman–Crippen MR) is 37.6 cm³/mol. The Hall–Kier alpha value is -0.570. The largest absolute Gasteiger partial charge is 0.468 e. The van der Waals surface area contributed by atoms with Gasteiger partial charge in [-0.05, 0) is 13.5 Å². The predicted octanol–water partition coefficient (Wildman–Crippen LogP) is 0.252. The number of esters is 1. The highest BCUT2D eigenvalue weighted by Gasteiger charge is 2.48. The van der Waals surface area contributed by atoms with Crippen molar-refractivity contribution in [1.29, 1.82) is 0 Å². The molecule has 58 valence electrons. The second kappa shape index (κ2) is 2.58. The van der Waals surface area contributed by atoms with E-state index < -0.39 is 0 Å². The minimum atomic E-state index is -0.102. The van der Waals surface area contributed by atoms with Gasteiger partial charge in [-0.1, -0.05) is 6.92 Å². The molecular weight excluding hydrogens is 130 g/mol. The van der Waals surface area contributed by atoms with Crippen LogP contribution in [0.5, 0.6) is 0 Å². The number of methoxy groups -OCH3 is 1. The van der Waals surface area contributed by atoms with Crippen molar-refractivity contribution in [2.45, 2.75) is 25.9 Å². The first-order valence-electron chi connectivity index (χ1n) is 3.56. The Morgan fingerprint density at radius 2 is 2.30 bits per heavy atom. The monoisotopic (exact) mass is 143 g/mol. The van der Waals surface area contributed by atoms with E-state index in [-0.39, 0.29) is 12.0 Å². The van der Waals surface area contributed by atoms with Gasteiger partial charge >= 0.3 is 5.97 Å². The van der Waals surface area contributed by atoms with E-state index in [2.05, 4.69) is 9.64 Å². The third-order valence-electron chi connectivity index (χ3n) is 2.06. The lowest BCUT2D eigenvalue weighted by atomic mass is 10.3. The SMILES string of the molecule is CCN1[C@H](C)[C@H]1C(=O)OC. The molecule has 0 aromatic carbocycles. The molecule has 1 unspecified atom stereocenters. The van der Waals surface area contributed by atoms with Crippen molar-refractivity contribution in [3.8, 4) is 0 Å². The minimum Gasteiger partial charge on any atom is -0.468 e. The zero-order valence-corrected chi connectivity index (χ0v) is 6.63. The van der Waals surface area contributed by atoms with Crippen LogP contribution in [0.3, 0.4) is 0 Å². The number of nitrogens with zero attached hydrogens (tertiary/aromatic N) is 1. The molecule has 3 atom stereocenters. The molecule has 1 aliphatic heterocycles. The molecule has 1 heterocycles. The van der Waals surface area contributed by atoms with Crippen LogP contribution in [-0.2, 0) is 9.53 Å². The summed E-state index contributed by atoms with van der Waals surface area (Å²) in [6.45, 7) is 5.01. The van der Waals surface area contributed by atoms with Crippen molar-refractivity contribution in [1.82, 2.24) is 4.90 Å². The maximum atomic E-state index is 10.9. The Labute approximate surface area is 61.0 Å². The average Bonchev–Trinajstić information content (AvgIpc) is 2.59. The van der Waals surface area contributed by atoms with Gasteiger partial charge < -0.3 is 4.74 Å². The van der Waals surface area contributed by atoms with Gasteiger partial charge in [0.1, 0.15) is 6.04 Å². The summed E-state index contributed by atoms with van der Waals surface area (Å²) < 4.78 is 4.60. The normalized spacial score (nSPS) is 37.3. The maximum absolute atomic E-state index is 10.9. The van der Waals surface area contributed by atoms with Crippen LogP contribution in [0.2, 0.25) is 0 Å². The number of carbonyl (C=O) groups is 1. The molecule has 0 aromatic heterocycles. The summed E-state index contributed by atoms with van der Waals surface area (Å²) in [6.07, 6.45) is 0. The van der Waals surface area contributed by atoms with Crippen LogP contribution < -0.4 is 0 Å². The molecule has 0 bridgehead atoms. The Morgan fingerprint density at radius 3 is 2.60 bits per heavy atom. The lowest BCUT2D eigenvalue weighted by Gasteiger charge is -1.95. The Morgan fingerprint density at radius 1 is 1.70 bits per heavy atom. The number of likely N-dealkylation sites (N-methyl/N-ethyl adjacent to an activating group) is 1. The molecule has 0 aliphatic carbocycles. The van der Waals surface area contributed by atoms with Gasteiger partial charge in [0.05, 0.1) is 7.11 Å². The fraction of sp³-hybridized carbons (Fsp3) is 0.857. The number of carbonyl (C=O) groups excluding carboxylic acids is 1. The number of ether oxygens (including phenoxy) is 1. The van der Waals surface area contributed by atoms with Crippen molar-refractivity contribution >= 4 is 5.97 Å². The van der Waals surface area contributed by atoms with Crippen LogP contribution in [-0.4, -0.2) is 36.6 Å². The van der Waals surface area contributed by atoms with E-state index in [0.29, 0.717) is 6.04 Å². The van der Waals surface area contributed by atoms with E-state index in [9.17, 15) is 4.79 Å². The van der Waals surface area contributed by atoms with Gasteiger partial charge in [-0.25, -0.2) is 0 Å². The average molecular weight is 143 g/mol. The van der Waals surface area contributed by atoms with Gasteiger partial charge in [-0.2, -0.15) is 0 Å². The summed E-state index contributed by atoms with van der Waals surface area (Å²) in [7, 11) is 1.43. The Balaban J connectivity index is 2.40. The van der Waals surface area contributed by atoms with E-state index >= 15 is 0 Å². The van der Waals surface area contributed by atoms with Crippen molar-refractivity contribution in [2.75, 3.05) is 13.7 Å². The van der Waals surface area contributed by atoms with E-state index in [1.807, 2.05) is 13.8 Å². The molecule has 0 N–H and O–H groups in total. The van der Waals surface area contributed by atoms with Crippen molar-refractivity contribution in [3.05, 3.63) is 0 Å². The van der Waals surface area contributed by atoms with E-state index in [4.69, 9.17) is 0 Å². The van der Waals surface area contributed by atoms with Crippen LogP contribution in [0.4, 0.5) is 0 Å². The molecule has 1 saturated heterocycles. The van der Waals surface area contributed by atoms with Gasteiger partial charge in [0.15, 0.2) is 0 Å². The minimum absolute atomic E-state index is 0.0370. The fourth-order valence-electron chi connectivity index (χ4n) is 1.35. The third kappa shape index (κ3) is 1.01. The Kier molecular flexibility index (Phi) is 1.94. The van der Waals surface area contributed by atoms with E-state index in [1.165, 1.54) is 7.11 Å². The first kappa shape index (κ1) is 7.54. The van der Waals surface area contributed by atoms with E-state index in [0.717, 1.165) is 6.54 Å². The Bertz CT molecular complexity index is 147. The zero-order chi connectivity index (χ0) is 7.72. The molecule has 3 nitrogen and oxygen atoms in total. The molecule has 10 heavy (non-hydrogen) atoms. The van der Waals surface area contributed by atoms with Gasteiger partial charge in [-0.3, -0.25) is 9.69 Å². The fourth-order valence-corrected chi connectivity index (χ4v) is 1.35. The lowest BCUT2D eigenvalue weighted by Crippen LogP contribution is -2.14. The quantitative estimate of drug-likeness (QED) is 0.410. The van der Waals surface area contributed by atoms with Crippen LogP contribution in [0, 0.1) is 0 Å². The highest BCUT2D eigenvalue weighted by Crippen LogP contribution is 2.27. The molecule has 1 aliphatic rings. The van der Waals surface area contributed by atoms with Crippen LogP contribution in [0.15, 0.2) is 0 Å². The molecule has 3 heteroatoms. The van der Waals surface area contributed by atoms with E-state index in [1.54, 1.807) is 0 Å².